The van der Waals surface area contributed by atoms with Crippen molar-refractivity contribution in [3.63, 3.8) is 0 Å². The molecule has 0 saturated heterocycles. The Labute approximate surface area is 120 Å². The molecule has 0 spiro atoms. The predicted molar refractivity (Wildman–Crippen MR) is 77.8 cm³/mol. The topological polar surface area (TPSA) is 84.6 Å². The van der Waals surface area contributed by atoms with E-state index in [9.17, 15) is 0 Å². The largest absolute Gasteiger partial charge is 0.377 e. The SMILES string of the molecule is CCNC(=NCC(C)(C)OC)NCCc1nc(C)no1. The zero-order valence-corrected chi connectivity index (χ0v) is 13.0. The Morgan fingerprint density at radius 2 is 2.15 bits per heavy atom. The number of aromatic nitrogens is 2. The van der Waals surface area contributed by atoms with Crippen LogP contribution < -0.4 is 10.6 Å². The molecule has 0 aliphatic heterocycles. The van der Waals surface area contributed by atoms with Crippen LogP contribution in [0, 0.1) is 6.92 Å². The van der Waals surface area contributed by atoms with Gasteiger partial charge < -0.3 is 19.9 Å². The lowest BCUT2D eigenvalue weighted by Crippen LogP contribution is -2.40. The fourth-order valence-corrected chi connectivity index (χ4v) is 1.41. The number of aliphatic imine (C=N–C) groups is 1. The first-order valence-corrected chi connectivity index (χ1v) is 6.83. The second-order valence-corrected chi connectivity index (χ2v) is 5.07. The molecule has 0 aromatic carbocycles. The van der Waals surface area contributed by atoms with Gasteiger partial charge in [0.1, 0.15) is 0 Å². The van der Waals surface area contributed by atoms with E-state index >= 15 is 0 Å². The molecule has 0 atom stereocenters. The highest BCUT2D eigenvalue weighted by Crippen LogP contribution is 2.06. The summed E-state index contributed by atoms with van der Waals surface area (Å²) in [7, 11) is 1.69. The number of methoxy groups -OCH3 is 1. The van der Waals surface area contributed by atoms with Crippen molar-refractivity contribution < 1.29 is 9.26 Å². The third-order valence-corrected chi connectivity index (χ3v) is 2.72. The van der Waals surface area contributed by atoms with Gasteiger partial charge in [-0.2, -0.15) is 4.98 Å². The van der Waals surface area contributed by atoms with Crippen LogP contribution in [0.4, 0.5) is 0 Å². The van der Waals surface area contributed by atoms with Gasteiger partial charge in [0, 0.05) is 26.6 Å². The summed E-state index contributed by atoms with van der Waals surface area (Å²) in [4.78, 5) is 8.65. The van der Waals surface area contributed by atoms with Gasteiger partial charge in [0.25, 0.3) is 0 Å². The maximum absolute atomic E-state index is 5.35. The van der Waals surface area contributed by atoms with E-state index in [2.05, 4.69) is 25.8 Å². The van der Waals surface area contributed by atoms with Gasteiger partial charge in [-0.1, -0.05) is 5.16 Å². The molecule has 20 heavy (non-hydrogen) atoms. The minimum Gasteiger partial charge on any atom is -0.377 e. The van der Waals surface area contributed by atoms with Crippen molar-refractivity contribution in [1.82, 2.24) is 20.8 Å². The lowest BCUT2D eigenvalue weighted by Gasteiger charge is -2.21. The van der Waals surface area contributed by atoms with Crippen LogP contribution >= 0.6 is 0 Å². The monoisotopic (exact) mass is 283 g/mol. The van der Waals surface area contributed by atoms with Gasteiger partial charge in [0.2, 0.25) is 5.89 Å². The number of rotatable bonds is 7. The summed E-state index contributed by atoms with van der Waals surface area (Å²) in [5, 5.41) is 10.2. The number of hydrogen-bond acceptors (Lipinski definition) is 5. The van der Waals surface area contributed by atoms with E-state index in [1.807, 2.05) is 20.8 Å². The van der Waals surface area contributed by atoms with Crippen LogP contribution in [0.25, 0.3) is 0 Å². The van der Waals surface area contributed by atoms with Crippen LogP contribution in [-0.2, 0) is 11.2 Å². The van der Waals surface area contributed by atoms with Crippen molar-refractivity contribution in [2.24, 2.45) is 4.99 Å². The average Bonchev–Trinajstić information content (AvgIpc) is 2.82. The molecule has 114 valence electrons. The molecule has 0 amide bonds. The minimum absolute atomic E-state index is 0.272. The van der Waals surface area contributed by atoms with Gasteiger partial charge >= 0.3 is 0 Å². The van der Waals surface area contributed by atoms with Crippen LogP contribution in [0.2, 0.25) is 0 Å². The van der Waals surface area contributed by atoms with Crippen molar-refractivity contribution in [3.8, 4) is 0 Å². The Kier molecular flexibility index (Phi) is 6.44. The first kappa shape index (κ1) is 16.4. The Bertz CT molecular complexity index is 428. The summed E-state index contributed by atoms with van der Waals surface area (Å²) in [6.45, 7) is 9.90. The molecule has 0 radical (unpaired) electrons. The number of aryl methyl sites for hydroxylation is 1. The highest BCUT2D eigenvalue weighted by atomic mass is 16.5. The summed E-state index contributed by atoms with van der Waals surface area (Å²) in [5.74, 6) is 2.04. The maximum Gasteiger partial charge on any atom is 0.228 e. The molecule has 7 heteroatoms. The van der Waals surface area contributed by atoms with Crippen molar-refractivity contribution in [1.29, 1.82) is 0 Å². The van der Waals surface area contributed by atoms with E-state index in [0.717, 1.165) is 12.5 Å². The van der Waals surface area contributed by atoms with Gasteiger partial charge in [-0.15, -0.1) is 0 Å². The normalized spacial score (nSPS) is 12.6. The third-order valence-electron chi connectivity index (χ3n) is 2.72. The van der Waals surface area contributed by atoms with E-state index in [0.29, 0.717) is 31.2 Å². The molecular weight excluding hydrogens is 258 g/mol. The molecule has 0 unspecified atom stereocenters. The lowest BCUT2D eigenvalue weighted by atomic mass is 10.1. The molecule has 0 aliphatic carbocycles. The van der Waals surface area contributed by atoms with Crippen molar-refractivity contribution >= 4 is 5.96 Å². The number of nitrogens with zero attached hydrogens (tertiary/aromatic N) is 3. The first-order valence-electron chi connectivity index (χ1n) is 6.83. The molecule has 1 aromatic heterocycles. The zero-order valence-electron chi connectivity index (χ0n) is 13.0. The van der Waals surface area contributed by atoms with E-state index in [4.69, 9.17) is 9.26 Å². The van der Waals surface area contributed by atoms with Gasteiger partial charge in [-0.25, -0.2) is 0 Å². The summed E-state index contributed by atoms with van der Waals surface area (Å²) in [5.41, 5.74) is -0.272. The fourth-order valence-electron chi connectivity index (χ4n) is 1.41. The quantitative estimate of drug-likeness (QED) is 0.571. The molecule has 0 bridgehead atoms. The summed E-state index contributed by atoms with van der Waals surface area (Å²) in [6.07, 6.45) is 0.666. The van der Waals surface area contributed by atoms with Crippen molar-refractivity contribution in [3.05, 3.63) is 11.7 Å². The number of ether oxygens (including phenoxy) is 1. The van der Waals surface area contributed by atoms with Crippen LogP contribution in [0.1, 0.15) is 32.5 Å². The van der Waals surface area contributed by atoms with Crippen molar-refractivity contribution in [2.75, 3.05) is 26.7 Å². The Morgan fingerprint density at radius 3 is 2.70 bits per heavy atom. The molecule has 7 nitrogen and oxygen atoms in total. The second-order valence-electron chi connectivity index (χ2n) is 5.07. The summed E-state index contributed by atoms with van der Waals surface area (Å²) in [6, 6.07) is 0. The van der Waals surface area contributed by atoms with Crippen LogP contribution in [0.5, 0.6) is 0 Å². The molecule has 1 aromatic rings. The van der Waals surface area contributed by atoms with Gasteiger partial charge in [-0.05, 0) is 27.7 Å². The molecular formula is C13H25N5O2. The van der Waals surface area contributed by atoms with E-state index < -0.39 is 0 Å². The molecule has 2 N–H and O–H groups in total. The summed E-state index contributed by atoms with van der Waals surface area (Å²) < 4.78 is 10.4. The molecule has 0 fully saturated rings. The smallest absolute Gasteiger partial charge is 0.228 e. The van der Waals surface area contributed by atoms with E-state index in [1.54, 1.807) is 14.0 Å². The number of hydrogen-bond donors (Lipinski definition) is 2. The third kappa shape index (κ3) is 6.01. The van der Waals surface area contributed by atoms with E-state index in [-0.39, 0.29) is 5.60 Å². The second kappa shape index (κ2) is 7.84. The fraction of sp³-hybridized carbons (Fsp3) is 0.769. The minimum atomic E-state index is -0.272. The van der Waals surface area contributed by atoms with Gasteiger partial charge in [0.15, 0.2) is 11.8 Å². The molecule has 1 rings (SSSR count). The predicted octanol–water partition coefficient (Wildman–Crippen LogP) is 0.901. The van der Waals surface area contributed by atoms with E-state index in [1.165, 1.54) is 0 Å². The highest BCUT2D eigenvalue weighted by Gasteiger charge is 2.15. The maximum atomic E-state index is 5.35. The first-order chi connectivity index (χ1) is 9.46. The molecule has 1 heterocycles. The Balaban J connectivity index is 2.44. The van der Waals surface area contributed by atoms with Crippen molar-refractivity contribution in [2.45, 2.75) is 39.7 Å². The molecule has 0 aliphatic rings. The Hall–Kier alpha value is -1.63. The van der Waals surface area contributed by atoms with Crippen LogP contribution in [0.15, 0.2) is 9.52 Å². The van der Waals surface area contributed by atoms with Gasteiger partial charge in [0.05, 0.1) is 12.1 Å². The van der Waals surface area contributed by atoms with Crippen LogP contribution in [-0.4, -0.2) is 48.4 Å². The average molecular weight is 283 g/mol. The Morgan fingerprint density at radius 1 is 1.40 bits per heavy atom. The number of nitrogens with one attached hydrogen (secondary N) is 2. The van der Waals surface area contributed by atoms with Crippen LogP contribution in [0.3, 0.4) is 0 Å². The number of guanidine groups is 1. The summed E-state index contributed by atoms with van der Waals surface area (Å²) >= 11 is 0. The molecule has 0 saturated carbocycles. The lowest BCUT2D eigenvalue weighted by molar-refractivity contribution is 0.0310. The van der Waals surface area contributed by atoms with Gasteiger partial charge in [-0.3, -0.25) is 4.99 Å². The zero-order chi connectivity index (χ0) is 15.0. The highest BCUT2D eigenvalue weighted by molar-refractivity contribution is 5.79. The standard InChI is InChI=1S/C13H25N5O2/c1-6-14-12(16-9-13(3,4)19-5)15-8-7-11-17-10(2)18-20-11/h6-9H2,1-5H3,(H2,14,15,16).